The largest absolute Gasteiger partial charge is 0.490 e. The van der Waals surface area contributed by atoms with Gasteiger partial charge in [-0.3, -0.25) is 9.78 Å². The Kier molecular flexibility index (Phi) is 4.30. The van der Waals surface area contributed by atoms with E-state index in [1.165, 1.54) is 6.07 Å². The van der Waals surface area contributed by atoms with Crippen molar-refractivity contribution < 1.29 is 9.84 Å². The lowest BCUT2D eigenvalue weighted by Crippen LogP contribution is -2.21. The lowest BCUT2D eigenvalue weighted by molar-refractivity contribution is 0.251. The molecule has 0 saturated heterocycles. The van der Waals surface area contributed by atoms with E-state index in [9.17, 15) is 9.90 Å². The van der Waals surface area contributed by atoms with Crippen molar-refractivity contribution in [3.05, 3.63) is 58.3 Å². The Morgan fingerprint density at radius 2 is 2.16 bits per heavy atom. The molecule has 0 spiro atoms. The molecule has 1 N–H and O–H groups in total. The van der Waals surface area contributed by atoms with Crippen molar-refractivity contribution in [3.8, 4) is 5.75 Å². The molecule has 100 valence electrons. The summed E-state index contributed by atoms with van der Waals surface area (Å²) in [5.41, 5.74) is 1.28. The van der Waals surface area contributed by atoms with Crippen LogP contribution >= 0.6 is 0 Å². The Bertz CT molecular complexity index is 608. The number of aliphatic hydroxyl groups is 1. The van der Waals surface area contributed by atoms with Gasteiger partial charge in [0.2, 0.25) is 0 Å². The number of rotatable bonds is 5. The predicted octanol–water partition coefficient (Wildman–Crippen LogP) is 1.12. The summed E-state index contributed by atoms with van der Waals surface area (Å²) in [6, 6.07) is 8.61. The van der Waals surface area contributed by atoms with E-state index in [0.717, 1.165) is 5.69 Å². The minimum atomic E-state index is -0.164. The van der Waals surface area contributed by atoms with Crippen LogP contribution in [0.25, 0.3) is 0 Å². The van der Waals surface area contributed by atoms with E-state index >= 15 is 0 Å². The fourth-order valence-electron chi connectivity index (χ4n) is 1.74. The highest BCUT2D eigenvalue weighted by atomic mass is 16.5. The maximum absolute atomic E-state index is 11.5. The molecule has 0 aliphatic carbocycles. The first-order valence-electron chi connectivity index (χ1n) is 6.06. The zero-order valence-electron chi connectivity index (χ0n) is 10.7. The third-order valence-electron chi connectivity index (χ3n) is 2.71. The van der Waals surface area contributed by atoms with Gasteiger partial charge in [0, 0.05) is 18.0 Å². The van der Waals surface area contributed by atoms with Gasteiger partial charge in [-0.25, -0.2) is 0 Å². The number of aromatic nitrogens is 2. The molecule has 0 aromatic carbocycles. The SMILES string of the molecule is Cc1ccc(OCCn2ccccc2=O)c(CO)n1. The van der Waals surface area contributed by atoms with E-state index < -0.39 is 0 Å². The Morgan fingerprint density at radius 3 is 2.89 bits per heavy atom. The zero-order valence-corrected chi connectivity index (χ0v) is 10.7. The lowest BCUT2D eigenvalue weighted by atomic mass is 10.3. The molecular formula is C14H16N2O3. The first-order valence-corrected chi connectivity index (χ1v) is 6.06. The Hall–Kier alpha value is -2.14. The zero-order chi connectivity index (χ0) is 13.7. The molecule has 0 saturated carbocycles. The molecule has 2 aromatic rings. The summed E-state index contributed by atoms with van der Waals surface area (Å²) >= 11 is 0. The van der Waals surface area contributed by atoms with Gasteiger partial charge >= 0.3 is 0 Å². The van der Waals surface area contributed by atoms with Crippen LogP contribution in [0.1, 0.15) is 11.4 Å². The second-order valence-electron chi connectivity index (χ2n) is 4.14. The van der Waals surface area contributed by atoms with Gasteiger partial charge in [-0.1, -0.05) is 6.07 Å². The minimum Gasteiger partial charge on any atom is -0.490 e. The van der Waals surface area contributed by atoms with Crippen molar-refractivity contribution in [2.75, 3.05) is 6.61 Å². The van der Waals surface area contributed by atoms with Crippen molar-refractivity contribution >= 4 is 0 Å². The molecule has 0 fully saturated rings. The number of pyridine rings is 2. The molecule has 0 aliphatic heterocycles. The number of hydrogen-bond acceptors (Lipinski definition) is 4. The van der Waals surface area contributed by atoms with Gasteiger partial charge in [0.25, 0.3) is 5.56 Å². The van der Waals surface area contributed by atoms with Gasteiger partial charge in [-0.2, -0.15) is 0 Å². The summed E-state index contributed by atoms with van der Waals surface area (Å²) in [5.74, 6) is 0.553. The molecular weight excluding hydrogens is 244 g/mol. The van der Waals surface area contributed by atoms with Crippen molar-refractivity contribution in [1.29, 1.82) is 0 Å². The van der Waals surface area contributed by atoms with E-state index in [-0.39, 0.29) is 12.2 Å². The van der Waals surface area contributed by atoms with Crippen LogP contribution in [0.5, 0.6) is 5.75 Å². The topological polar surface area (TPSA) is 64.3 Å². The lowest BCUT2D eigenvalue weighted by Gasteiger charge is -2.11. The number of hydrogen-bond donors (Lipinski definition) is 1. The smallest absolute Gasteiger partial charge is 0.250 e. The van der Waals surface area contributed by atoms with E-state index in [4.69, 9.17) is 4.74 Å². The van der Waals surface area contributed by atoms with Crippen molar-refractivity contribution in [2.24, 2.45) is 0 Å². The first-order chi connectivity index (χ1) is 9.20. The average molecular weight is 260 g/mol. The van der Waals surface area contributed by atoms with Crippen molar-refractivity contribution in [3.63, 3.8) is 0 Å². The quantitative estimate of drug-likeness (QED) is 0.875. The molecule has 0 unspecified atom stereocenters. The van der Waals surface area contributed by atoms with E-state index in [0.29, 0.717) is 24.6 Å². The predicted molar refractivity (Wildman–Crippen MR) is 71.1 cm³/mol. The van der Waals surface area contributed by atoms with Gasteiger partial charge < -0.3 is 14.4 Å². The van der Waals surface area contributed by atoms with Crippen LogP contribution in [-0.4, -0.2) is 21.3 Å². The van der Waals surface area contributed by atoms with Crippen LogP contribution in [0.15, 0.2) is 41.3 Å². The standard InChI is InChI=1S/C14H16N2O3/c1-11-5-6-13(12(10-17)15-11)19-9-8-16-7-3-2-4-14(16)18/h2-7,17H,8-10H2,1H3. The number of nitrogens with zero attached hydrogens (tertiary/aromatic N) is 2. The van der Waals surface area contributed by atoms with Crippen LogP contribution < -0.4 is 10.3 Å². The summed E-state index contributed by atoms with van der Waals surface area (Å²) in [5, 5.41) is 9.21. The second kappa shape index (κ2) is 6.15. The number of aliphatic hydroxyl groups excluding tert-OH is 1. The molecule has 0 bridgehead atoms. The maximum atomic E-state index is 11.5. The minimum absolute atomic E-state index is 0.0597. The molecule has 5 nitrogen and oxygen atoms in total. The van der Waals surface area contributed by atoms with E-state index in [1.807, 2.05) is 13.0 Å². The average Bonchev–Trinajstić information content (AvgIpc) is 2.42. The molecule has 19 heavy (non-hydrogen) atoms. The Morgan fingerprint density at radius 1 is 1.32 bits per heavy atom. The Labute approximate surface area is 111 Å². The van der Waals surface area contributed by atoms with E-state index in [1.54, 1.807) is 29.0 Å². The third-order valence-corrected chi connectivity index (χ3v) is 2.71. The van der Waals surface area contributed by atoms with Gasteiger partial charge in [0.05, 0.1) is 13.2 Å². The number of aryl methyl sites for hydroxylation is 1. The highest BCUT2D eigenvalue weighted by molar-refractivity contribution is 5.28. The van der Waals surface area contributed by atoms with Crippen LogP contribution in [0, 0.1) is 6.92 Å². The fourth-order valence-corrected chi connectivity index (χ4v) is 1.74. The summed E-state index contributed by atoms with van der Waals surface area (Å²) < 4.78 is 7.13. The van der Waals surface area contributed by atoms with Gasteiger partial charge in [0.1, 0.15) is 18.1 Å². The van der Waals surface area contributed by atoms with Gasteiger partial charge in [-0.15, -0.1) is 0 Å². The molecule has 2 rings (SSSR count). The highest BCUT2D eigenvalue weighted by Gasteiger charge is 2.04. The highest BCUT2D eigenvalue weighted by Crippen LogP contribution is 2.16. The second-order valence-corrected chi connectivity index (χ2v) is 4.14. The summed E-state index contributed by atoms with van der Waals surface area (Å²) in [6.45, 7) is 2.49. The number of ether oxygens (including phenoxy) is 1. The normalized spacial score (nSPS) is 10.4. The summed E-state index contributed by atoms with van der Waals surface area (Å²) in [4.78, 5) is 15.7. The molecule has 5 heteroatoms. The van der Waals surface area contributed by atoms with Crippen LogP contribution in [0.2, 0.25) is 0 Å². The van der Waals surface area contributed by atoms with E-state index in [2.05, 4.69) is 4.98 Å². The maximum Gasteiger partial charge on any atom is 0.250 e. The fraction of sp³-hybridized carbons (Fsp3) is 0.286. The molecule has 0 amide bonds. The van der Waals surface area contributed by atoms with Gasteiger partial charge in [0.15, 0.2) is 0 Å². The van der Waals surface area contributed by atoms with Crippen molar-refractivity contribution in [1.82, 2.24) is 9.55 Å². The molecule has 0 aliphatic rings. The molecule has 2 aromatic heterocycles. The monoisotopic (exact) mass is 260 g/mol. The molecule has 2 heterocycles. The van der Waals surface area contributed by atoms with Crippen LogP contribution in [0.3, 0.4) is 0 Å². The summed E-state index contributed by atoms with van der Waals surface area (Å²) in [7, 11) is 0. The molecule has 0 atom stereocenters. The van der Waals surface area contributed by atoms with Crippen molar-refractivity contribution in [2.45, 2.75) is 20.1 Å². The summed E-state index contributed by atoms with van der Waals surface area (Å²) in [6.07, 6.45) is 1.71. The molecule has 0 radical (unpaired) electrons. The third kappa shape index (κ3) is 3.42. The first kappa shape index (κ1) is 13.3. The van der Waals surface area contributed by atoms with Crippen LogP contribution in [0.4, 0.5) is 0 Å². The Balaban J connectivity index is 2.00. The van der Waals surface area contributed by atoms with Crippen LogP contribution in [-0.2, 0) is 13.2 Å². The van der Waals surface area contributed by atoms with Gasteiger partial charge in [-0.05, 0) is 25.1 Å².